The standard InChI is InChI=1S/C24H30N2O5S/c1-5-30-22-13-16(8-11-21(22)29-3)19-14-17(31-15(2)27)9-10-20(19)26-23(28)18-7-6-12-25-24(18)32-4/h6-8,11-13,17,19-20H,5,9-10,14H2,1-4H3,(H,26,28)/t17-,19-,20-/m1/s1. The third-order valence-corrected chi connectivity index (χ3v) is 6.29. The van der Waals surface area contributed by atoms with Crippen LogP contribution in [0.5, 0.6) is 11.5 Å². The Hall–Kier alpha value is -2.74. The number of nitrogens with zero attached hydrogens (tertiary/aromatic N) is 1. The number of nitrogens with one attached hydrogen (secondary N) is 1. The Balaban J connectivity index is 1.89. The van der Waals surface area contributed by atoms with Gasteiger partial charge in [0, 0.05) is 25.1 Å². The molecule has 0 bridgehead atoms. The van der Waals surface area contributed by atoms with Crippen molar-refractivity contribution in [2.45, 2.75) is 56.2 Å². The van der Waals surface area contributed by atoms with Crippen LogP contribution in [0.15, 0.2) is 41.6 Å². The van der Waals surface area contributed by atoms with Crippen LogP contribution in [0.25, 0.3) is 0 Å². The second kappa shape index (κ2) is 11.2. The fourth-order valence-electron chi connectivity index (χ4n) is 4.18. The van der Waals surface area contributed by atoms with Gasteiger partial charge < -0.3 is 19.5 Å². The summed E-state index contributed by atoms with van der Waals surface area (Å²) in [6.07, 6.45) is 5.40. The first kappa shape index (κ1) is 23.9. The van der Waals surface area contributed by atoms with Crippen molar-refractivity contribution >= 4 is 23.6 Å². The van der Waals surface area contributed by atoms with E-state index in [1.165, 1.54) is 18.7 Å². The van der Waals surface area contributed by atoms with Gasteiger partial charge in [0.15, 0.2) is 11.5 Å². The summed E-state index contributed by atoms with van der Waals surface area (Å²) >= 11 is 1.44. The Bertz CT molecular complexity index is 952. The van der Waals surface area contributed by atoms with E-state index in [0.717, 1.165) is 5.56 Å². The summed E-state index contributed by atoms with van der Waals surface area (Å²) in [6, 6.07) is 9.25. The van der Waals surface area contributed by atoms with Crippen LogP contribution in [0, 0.1) is 0 Å². The molecule has 1 saturated carbocycles. The first-order valence-electron chi connectivity index (χ1n) is 10.7. The first-order valence-corrected chi connectivity index (χ1v) is 12.0. The number of carbonyl (C=O) groups excluding carboxylic acids is 2. The number of thioether (sulfide) groups is 1. The number of hydrogen-bond donors (Lipinski definition) is 1. The number of benzene rings is 1. The number of carbonyl (C=O) groups is 2. The van der Waals surface area contributed by atoms with E-state index in [1.54, 1.807) is 25.4 Å². The van der Waals surface area contributed by atoms with E-state index in [9.17, 15) is 9.59 Å². The normalized spacial score (nSPS) is 20.3. The molecule has 0 radical (unpaired) electrons. The molecule has 1 aromatic heterocycles. The van der Waals surface area contributed by atoms with Crippen LogP contribution in [0.4, 0.5) is 0 Å². The molecule has 1 fully saturated rings. The van der Waals surface area contributed by atoms with Crippen molar-refractivity contribution in [3.63, 3.8) is 0 Å². The van der Waals surface area contributed by atoms with E-state index in [4.69, 9.17) is 14.2 Å². The van der Waals surface area contributed by atoms with Crippen LogP contribution in [0.3, 0.4) is 0 Å². The fourth-order valence-corrected chi connectivity index (χ4v) is 4.73. The van der Waals surface area contributed by atoms with Gasteiger partial charge in [0.25, 0.3) is 5.91 Å². The largest absolute Gasteiger partial charge is 0.493 e. The Morgan fingerprint density at radius 1 is 1.22 bits per heavy atom. The van der Waals surface area contributed by atoms with Gasteiger partial charge in [0.2, 0.25) is 0 Å². The maximum atomic E-state index is 13.1. The average molecular weight is 459 g/mol. The van der Waals surface area contributed by atoms with Crippen molar-refractivity contribution in [1.82, 2.24) is 10.3 Å². The monoisotopic (exact) mass is 458 g/mol. The highest BCUT2D eigenvalue weighted by Crippen LogP contribution is 2.39. The molecule has 3 rings (SSSR count). The van der Waals surface area contributed by atoms with Crippen LogP contribution in [-0.4, -0.2) is 49.0 Å². The topological polar surface area (TPSA) is 86.8 Å². The van der Waals surface area contributed by atoms with Crippen LogP contribution < -0.4 is 14.8 Å². The first-order chi connectivity index (χ1) is 15.5. The van der Waals surface area contributed by atoms with Crippen molar-refractivity contribution < 1.29 is 23.8 Å². The number of methoxy groups -OCH3 is 1. The molecular weight excluding hydrogens is 428 g/mol. The van der Waals surface area contributed by atoms with E-state index >= 15 is 0 Å². The van der Waals surface area contributed by atoms with E-state index in [2.05, 4.69) is 10.3 Å². The number of ether oxygens (including phenoxy) is 3. The molecule has 0 spiro atoms. The van der Waals surface area contributed by atoms with Gasteiger partial charge in [-0.15, -0.1) is 11.8 Å². The molecule has 1 heterocycles. The quantitative estimate of drug-likeness (QED) is 0.468. The molecule has 0 saturated heterocycles. The molecule has 3 atom stereocenters. The van der Waals surface area contributed by atoms with Crippen molar-refractivity contribution in [2.24, 2.45) is 0 Å². The number of rotatable bonds is 8. The smallest absolute Gasteiger partial charge is 0.302 e. The van der Waals surface area contributed by atoms with E-state index in [-0.39, 0.29) is 29.9 Å². The number of aromatic nitrogens is 1. The van der Waals surface area contributed by atoms with E-state index in [1.807, 2.05) is 31.4 Å². The average Bonchev–Trinajstić information content (AvgIpc) is 2.79. The molecule has 32 heavy (non-hydrogen) atoms. The van der Waals surface area contributed by atoms with E-state index in [0.29, 0.717) is 48.0 Å². The predicted molar refractivity (Wildman–Crippen MR) is 124 cm³/mol. The van der Waals surface area contributed by atoms with Gasteiger partial charge in [-0.2, -0.15) is 0 Å². The molecular formula is C24H30N2O5S. The minimum atomic E-state index is -0.291. The molecule has 0 aliphatic heterocycles. The zero-order chi connectivity index (χ0) is 23.1. The Kier molecular flexibility index (Phi) is 8.39. The van der Waals surface area contributed by atoms with Crippen LogP contribution in [0.2, 0.25) is 0 Å². The molecule has 172 valence electrons. The SMILES string of the molecule is CCOc1cc([C@H]2C[C@H](OC(C)=O)CC[C@H]2NC(=O)c2cccnc2SC)ccc1OC. The molecule has 7 nitrogen and oxygen atoms in total. The van der Waals surface area contributed by atoms with Crippen LogP contribution in [-0.2, 0) is 9.53 Å². The summed E-state index contributed by atoms with van der Waals surface area (Å²) in [5.41, 5.74) is 1.57. The number of hydrogen-bond acceptors (Lipinski definition) is 7. The molecule has 1 amide bonds. The third-order valence-electron chi connectivity index (χ3n) is 5.58. The lowest BCUT2D eigenvalue weighted by Crippen LogP contribution is -2.44. The van der Waals surface area contributed by atoms with Crippen LogP contribution in [0.1, 0.15) is 54.9 Å². The fraction of sp³-hybridized carbons (Fsp3) is 0.458. The Labute approximate surface area is 193 Å². The minimum absolute atomic E-state index is 0.0448. The van der Waals surface area contributed by atoms with Gasteiger partial charge in [-0.3, -0.25) is 9.59 Å². The zero-order valence-corrected chi connectivity index (χ0v) is 19.7. The molecule has 1 N–H and O–H groups in total. The minimum Gasteiger partial charge on any atom is -0.493 e. The second-order valence-electron chi connectivity index (χ2n) is 7.63. The second-order valence-corrected chi connectivity index (χ2v) is 8.43. The number of pyridine rings is 1. The van der Waals surface area contributed by atoms with Crippen molar-refractivity contribution in [1.29, 1.82) is 0 Å². The molecule has 1 aliphatic rings. The van der Waals surface area contributed by atoms with E-state index < -0.39 is 0 Å². The van der Waals surface area contributed by atoms with Crippen LogP contribution >= 0.6 is 11.8 Å². The maximum Gasteiger partial charge on any atom is 0.302 e. The highest BCUT2D eigenvalue weighted by Gasteiger charge is 2.35. The summed E-state index contributed by atoms with van der Waals surface area (Å²) in [5, 5.41) is 3.90. The molecule has 0 unspecified atom stereocenters. The maximum absolute atomic E-state index is 13.1. The van der Waals surface area contributed by atoms with Gasteiger partial charge in [0.05, 0.1) is 19.3 Å². The highest BCUT2D eigenvalue weighted by molar-refractivity contribution is 7.98. The summed E-state index contributed by atoms with van der Waals surface area (Å²) in [7, 11) is 1.61. The van der Waals surface area contributed by atoms with Crippen molar-refractivity contribution in [2.75, 3.05) is 20.0 Å². The summed E-state index contributed by atoms with van der Waals surface area (Å²) in [5.74, 6) is 0.826. The van der Waals surface area contributed by atoms with Gasteiger partial charge in [-0.1, -0.05) is 6.07 Å². The lowest BCUT2D eigenvalue weighted by molar-refractivity contribution is -0.148. The van der Waals surface area contributed by atoms with Gasteiger partial charge in [0.1, 0.15) is 11.1 Å². The molecule has 1 aliphatic carbocycles. The zero-order valence-electron chi connectivity index (χ0n) is 18.9. The third kappa shape index (κ3) is 5.73. The lowest BCUT2D eigenvalue weighted by Gasteiger charge is -2.36. The number of esters is 1. The number of amides is 1. The summed E-state index contributed by atoms with van der Waals surface area (Å²) < 4.78 is 16.7. The highest BCUT2D eigenvalue weighted by atomic mass is 32.2. The van der Waals surface area contributed by atoms with Crippen molar-refractivity contribution in [3.8, 4) is 11.5 Å². The van der Waals surface area contributed by atoms with Crippen molar-refractivity contribution in [3.05, 3.63) is 47.7 Å². The summed E-state index contributed by atoms with van der Waals surface area (Å²) in [4.78, 5) is 29.0. The predicted octanol–water partition coefficient (Wildman–Crippen LogP) is 4.21. The summed E-state index contributed by atoms with van der Waals surface area (Å²) in [6.45, 7) is 3.86. The molecule has 2 aromatic rings. The molecule has 1 aromatic carbocycles. The van der Waals surface area contributed by atoms with Gasteiger partial charge in [-0.25, -0.2) is 4.98 Å². The van der Waals surface area contributed by atoms with Gasteiger partial charge in [-0.05, 0) is 62.3 Å². The Morgan fingerprint density at radius 3 is 2.72 bits per heavy atom. The van der Waals surface area contributed by atoms with Gasteiger partial charge >= 0.3 is 5.97 Å². The molecule has 8 heteroatoms. The Morgan fingerprint density at radius 2 is 2.03 bits per heavy atom. The lowest BCUT2D eigenvalue weighted by atomic mass is 9.78.